The van der Waals surface area contributed by atoms with Gasteiger partial charge in [-0.15, -0.1) is 11.3 Å². The molecule has 7 heteroatoms. The van der Waals surface area contributed by atoms with Crippen molar-refractivity contribution in [1.29, 1.82) is 0 Å². The van der Waals surface area contributed by atoms with Crippen LogP contribution in [0.15, 0.2) is 29.1 Å². The van der Waals surface area contributed by atoms with Crippen molar-refractivity contribution in [3.63, 3.8) is 0 Å². The van der Waals surface area contributed by atoms with Gasteiger partial charge in [0.05, 0.1) is 23.0 Å². The highest BCUT2D eigenvalue weighted by molar-refractivity contribution is 7.07. The van der Waals surface area contributed by atoms with E-state index in [2.05, 4.69) is 4.98 Å². The van der Waals surface area contributed by atoms with Crippen molar-refractivity contribution in [2.45, 2.75) is 26.4 Å². The lowest BCUT2D eigenvalue weighted by atomic mass is 10.1. The Morgan fingerprint density at radius 3 is 3.04 bits per heavy atom. The highest BCUT2D eigenvalue weighted by Crippen LogP contribution is 2.35. The Morgan fingerprint density at radius 1 is 1.50 bits per heavy atom. The first-order valence-corrected chi connectivity index (χ1v) is 8.68. The molecule has 0 aliphatic carbocycles. The Labute approximate surface area is 144 Å². The quantitative estimate of drug-likeness (QED) is 0.779. The summed E-state index contributed by atoms with van der Waals surface area (Å²) in [4.78, 5) is 30.0. The second-order valence-electron chi connectivity index (χ2n) is 5.53. The maximum atomic E-state index is 12.2. The number of hydrogen-bond acceptors (Lipinski definition) is 6. The first kappa shape index (κ1) is 16.4. The second kappa shape index (κ2) is 7.00. The van der Waals surface area contributed by atoms with E-state index in [0.717, 1.165) is 17.7 Å². The van der Waals surface area contributed by atoms with Crippen LogP contribution in [0.3, 0.4) is 0 Å². The van der Waals surface area contributed by atoms with Crippen LogP contribution in [-0.2, 0) is 14.3 Å². The number of amides is 1. The molecule has 0 saturated heterocycles. The second-order valence-corrected chi connectivity index (χ2v) is 6.25. The molecule has 6 nitrogen and oxygen atoms in total. The van der Waals surface area contributed by atoms with Crippen molar-refractivity contribution in [2.75, 3.05) is 18.1 Å². The molecule has 0 spiro atoms. The van der Waals surface area contributed by atoms with E-state index < -0.39 is 5.97 Å². The minimum Gasteiger partial charge on any atom is -0.482 e. The van der Waals surface area contributed by atoms with Gasteiger partial charge in [0.2, 0.25) is 0 Å². The fraction of sp³-hybridized carbons (Fsp3) is 0.353. The summed E-state index contributed by atoms with van der Waals surface area (Å²) in [6.07, 6.45) is 0.558. The van der Waals surface area contributed by atoms with Crippen molar-refractivity contribution < 1.29 is 19.1 Å². The van der Waals surface area contributed by atoms with Gasteiger partial charge in [0.25, 0.3) is 5.91 Å². The van der Waals surface area contributed by atoms with Gasteiger partial charge in [-0.2, -0.15) is 0 Å². The van der Waals surface area contributed by atoms with Crippen LogP contribution in [0, 0.1) is 0 Å². The molecule has 0 N–H and O–H groups in total. The number of carbonyl (C=O) groups excluding carboxylic acids is 2. The Bertz CT molecular complexity index is 745. The van der Waals surface area contributed by atoms with Crippen molar-refractivity contribution in [3.05, 3.63) is 29.1 Å². The fourth-order valence-corrected chi connectivity index (χ4v) is 2.93. The molecule has 1 unspecified atom stereocenters. The van der Waals surface area contributed by atoms with E-state index in [4.69, 9.17) is 9.47 Å². The summed E-state index contributed by atoms with van der Waals surface area (Å²) in [5.41, 5.74) is 4.01. The van der Waals surface area contributed by atoms with Gasteiger partial charge in [0.15, 0.2) is 6.61 Å². The largest absolute Gasteiger partial charge is 0.482 e. The Balaban J connectivity index is 1.87. The third-order valence-electron chi connectivity index (χ3n) is 3.82. The monoisotopic (exact) mass is 346 g/mol. The number of hydrogen-bond donors (Lipinski definition) is 0. The third-order valence-corrected chi connectivity index (χ3v) is 4.41. The smallest absolute Gasteiger partial charge is 0.326 e. The minimum absolute atomic E-state index is 0.0837. The molecule has 24 heavy (non-hydrogen) atoms. The summed E-state index contributed by atoms with van der Waals surface area (Å²) in [5.74, 6) is -0.117. The summed E-state index contributed by atoms with van der Waals surface area (Å²) in [6, 6.07) is 5.50. The number of benzene rings is 1. The average molecular weight is 346 g/mol. The van der Waals surface area contributed by atoms with E-state index in [1.54, 1.807) is 11.6 Å². The topological polar surface area (TPSA) is 68.7 Å². The number of anilines is 1. The lowest BCUT2D eigenvalue weighted by molar-refractivity contribution is -0.147. The predicted molar refractivity (Wildman–Crippen MR) is 91.2 cm³/mol. The molecular formula is C17H18N2O4S. The van der Waals surface area contributed by atoms with Crippen LogP contribution >= 0.6 is 11.3 Å². The van der Waals surface area contributed by atoms with Gasteiger partial charge < -0.3 is 9.47 Å². The zero-order chi connectivity index (χ0) is 17.1. The molecule has 0 saturated carbocycles. The van der Waals surface area contributed by atoms with E-state index in [1.165, 1.54) is 16.2 Å². The molecule has 1 atom stereocenters. The predicted octanol–water partition coefficient (Wildman–Crippen LogP) is 2.88. The lowest BCUT2D eigenvalue weighted by Gasteiger charge is -2.29. The molecule has 0 fully saturated rings. The van der Waals surface area contributed by atoms with Crippen molar-refractivity contribution in [3.8, 4) is 17.0 Å². The molecule has 3 rings (SSSR count). The van der Waals surface area contributed by atoms with Gasteiger partial charge in [-0.25, -0.2) is 4.98 Å². The van der Waals surface area contributed by atoms with Gasteiger partial charge in [-0.1, -0.05) is 6.92 Å². The maximum Gasteiger partial charge on any atom is 0.326 e. The van der Waals surface area contributed by atoms with Crippen LogP contribution in [0.1, 0.15) is 20.3 Å². The summed E-state index contributed by atoms with van der Waals surface area (Å²) >= 11 is 1.50. The van der Waals surface area contributed by atoms with Gasteiger partial charge in [-0.3, -0.25) is 14.5 Å². The SMILES string of the molecule is CCC(C)OC(=O)CN1C(=O)COc2ccc(-c3cscn3)cc21. The number of carbonyl (C=O) groups is 2. The number of rotatable bonds is 5. The van der Waals surface area contributed by atoms with Gasteiger partial charge >= 0.3 is 5.97 Å². The van der Waals surface area contributed by atoms with Crippen LogP contribution < -0.4 is 9.64 Å². The number of nitrogens with zero attached hydrogens (tertiary/aromatic N) is 2. The van der Waals surface area contributed by atoms with E-state index in [0.29, 0.717) is 11.4 Å². The van der Waals surface area contributed by atoms with Crippen LogP contribution in [-0.4, -0.2) is 36.1 Å². The molecule has 2 aromatic rings. The summed E-state index contributed by atoms with van der Waals surface area (Å²) < 4.78 is 10.7. The molecular weight excluding hydrogens is 328 g/mol. The summed E-state index contributed by atoms with van der Waals surface area (Å²) in [7, 11) is 0. The Morgan fingerprint density at radius 2 is 2.33 bits per heavy atom. The van der Waals surface area contributed by atoms with Crippen LogP contribution in [0.25, 0.3) is 11.3 Å². The molecule has 2 heterocycles. The zero-order valence-corrected chi connectivity index (χ0v) is 14.3. The highest BCUT2D eigenvalue weighted by atomic mass is 32.1. The molecule has 126 valence electrons. The first-order chi connectivity index (χ1) is 11.6. The summed E-state index contributed by atoms with van der Waals surface area (Å²) in [5, 5.41) is 1.93. The number of fused-ring (bicyclic) bond motifs is 1. The van der Waals surface area contributed by atoms with Crippen molar-refractivity contribution in [2.24, 2.45) is 0 Å². The third kappa shape index (κ3) is 3.41. The van der Waals surface area contributed by atoms with Gasteiger partial charge in [-0.05, 0) is 31.5 Å². The van der Waals surface area contributed by atoms with Gasteiger partial charge in [0, 0.05) is 10.9 Å². The zero-order valence-electron chi connectivity index (χ0n) is 13.5. The molecule has 1 amide bonds. The number of aromatic nitrogens is 1. The molecule has 1 aliphatic rings. The average Bonchev–Trinajstić information content (AvgIpc) is 3.11. The first-order valence-electron chi connectivity index (χ1n) is 7.73. The van der Waals surface area contributed by atoms with E-state index in [-0.39, 0.29) is 25.2 Å². The molecule has 0 bridgehead atoms. The maximum absolute atomic E-state index is 12.2. The Hall–Kier alpha value is -2.41. The Kier molecular flexibility index (Phi) is 4.80. The van der Waals surface area contributed by atoms with Crippen LogP contribution in [0.4, 0.5) is 5.69 Å². The molecule has 1 aromatic heterocycles. The normalized spacial score (nSPS) is 14.8. The minimum atomic E-state index is -0.426. The van der Waals surface area contributed by atoms with Crippen LogP contribution in [0.2, 0.25) is 0 Å². The highest BCUT2D eigenvalue weighted by Gasteiger charge is 2.28. The lowest BCUT2D eigenvalue weighted by Crippen LogP contribution is -2.42. The van der Waals surface area contributed by atoms with Crippen LogP contribution in [0.5, 0.6) is 5.75 Å². The van der Waals surface area contributed by atoms with E-state index >= 15 is 0 Å². The van der Waals surface area contributed by atoms with E-state index in [9.17, 15) is 9.59 Å². The number of ether oxygens (including phenoxy) is 2. The molecule has 0 radical (unpaired) electrons. The number of thiazole rings is 1. The standard InChI is InChI=1S/C17H18N2O4S/c1-3-11(2)23-17(21)7-19-14-6-12(13-9-24-10-18-13)4-5-15(14)22-8-16(19)20/h4-6,9-11H,3,7-8H2,1-2H3. The molecule has 1 aliphatic heterocycles. The van der Waals surface area contributed by atoms with E-state index in [1.807, 2.05) is 31.4 Å². The fourth-order valence-electron chi connectivity index (χ4n) is 2.36. The van der Waals surface area contributed by atoms with Crippen molar-refractivity contribution in [1.82, 2.24) is 4.98 Å². The van der Waals surface area contributed by atoms with Crippen molar-refractivity contribution >= 4 is 28.9 Å². The number of esters is 1. The summed E-state index contributed by atoms with van der Waals surface area (Å²) in [6.45, 7) is 3.56. The van der Waals surface area contributed by atoms with Gasteiger partial charge in [0.1, 0.15) is 12.3 Å². The molecule has 1 aromatic carbocycles.